The number of nitrogens with zero attached hydrogens (tertiary/aromatic N) is 1. The molecule has 29 heavy (non-hydrogen) atoms. The highest BCUT2D eigenvalue weighted by molar-refractivity contribution is 7.89. The molecular formula is C19H19F3N2O4S. The molecule has 0 saturated carbocycles. The topological polar surface area (TPSA) is 114 Å². The van der Waals surface area contributed by atoms with Crippen LogP contribution in [-0.2, 0) is 16.2 Å². The van der Waals surface area contributed by atoms with Gasteiger partial charge in [0.25, 0.3) is 0 Å². The lowest BCUT2D eigenvalue weighted by Crippen LogP contribution is -2.27. The minimum Gasteiger partial charge on any atom is -0.396 e. The lowest BCUT2D eigenvalue weighted by atomic mass is 9.85. The number of allylic oxidation sites excluding steroid dienone is 2. The van der Waals surface area contributed by atoms with Crippen LogP contribution in [0.15, 0.2) is 47.5 Å². The summed E-state index contributed by atoms with van der Waals surface area (Å²) in [6.07, 6.45) is -3.30. The summed E-state index contributed by atoms with van der Waals surface area (Å²) < 4.78 is 61.4. The number of alkyl halides is 3. The van der Waals surface area contributed by atoms with Gasteiger partial charge in [0.05, 0.1) is 29.4 Å². The van der Waals surface area contributed by atoms with Crippen molar-refractivity contribution < 1.29 is 31.8 Å². The average Bonchev–Trinajstić information content (AvgIpc) is 3.07. The number of nitrogens with two attached hydrogens (primary N) is 1. The van der Waals surface area contributed by atoms with Crippen molar-refractivity contribution in [3.63, 3.8) is 0 Å². The van der Waals surface area contributed by atoms with Crippen LogP contribution in [0.5, 0.6) is 0 Å². The third-order valence-corrected chi connectivity index (χ3v) is 6.00. The lowest BCUT2D eigenvalue weighted by Gasteiger charge is -2.24. The molecule has 0 saturated heterocycles. The number of primary sulfonamides is 1. The number of aliphatic hydroxyl groups is 2. The standard InChI is InChI=1S/C19H19F3N2O4S/c20-19(21,22)13-3-6-17(24-9-13)16-8-18(10-25,11-26)7-15(16)12-1-4-14(5-2-12)29(23,27)28/h1-6,9,25-26H,7-8,10-11H2,(H2,23,27,28). The van der Waals surface area contributed by atoms with Crippen molar-refractivity contribution in [2.45, 2.75) is 23.9 Å². The van der Waals surface area contributed by atoms with Crippen LogP contribution in [0.2, 0.25) is 0 Å². The van der Waals surface area contributed by atoms with E-state index in [-0.39, 0.29) is 31.0 Å². The van der Waals surface area contributed by atoms with Crippen molar-refractivity contribution in [3.05, 3.63) is 59.4 Å². The van der Waals surface area contributed by atoms with Crippen LogP contribution in [0.25, 0.3) is 11.1 Å². The van der Waals surface area contributed by atoms with Gasteiger partial charge in [-0.05, 0) is 53.8 Å². The number of aliphatic hydroxyl groups excluding tert-OH is 2. The van der Waals surface area contributed by atoms with Crippen LogP contribution < -0.4 is 5.14 Å². The van der Waals surface area contributed by atoms with Gasteiger partial charge in [0.1, 0.15) is 0 Å². The fourth-order valence-corrected chi connectivity index (χ4v) is 3.92. The molecule has 0 unspecified atom stereocenters. The Labute approximate surface area is 165 Å². The summed E-state index contributed by atoms with van der Waals surface area (Å²) in [6, 6.07) is 7.89. The first-order chi connectivity index (χ1) is 13.5. The summed E-state index contributed by atoms with van der Waals surface area (Å²) >= 11 is 0. The van der Waals surface area contributed by atoms with Gasteiger partial charge in [-0.3, -0.25) is 4.98 Å². The second-order valence-electron chi connectivity index (χ2n) is 7.13. The number of hydrogen-bond acceptors (Lipinski definition) is 5. The monoisotopic (exact) mass is 428 g/mol. The number of halogens is 3. The summed E-state index contributed by atoms with van der Waals surface area (Å²) in [7, 11) is -3.87. The van der Waals surface area contributed by atoms with E-state index in [4.69, 9.17) is 5.14 Å². The molecule has 0 aliphatic heterocycles. The van der Waals surface area contributed by atoms with Crippen LogP contribution in [0.4, 0.5) is 13.2 Å². The molecule has 1 aromatic heterocycles. The van der Waals surface area contributed by atoms with Gasteiger partial charge >= 0.3 is 6.18 Å². The molecule has 3 rings (SSSR count). The third kappa shape index (κ3) is 4.35. The highest BCUT2D eigenvalue weighted by atomic mass is 32.2. The first kappa shape index (κ1) is 21.4. The van der Waals surface area contributed by atoms with Gasteiger partial charge in [0.15, 0.2) is 0 Å². The third-order valence-electron chi connectivity index (χ3n) is 5.07. The second kappa shape index (κ2) is 7.52. The van der Waals surface area contributed by atoms with E-state index in [0.29, 0.717) is 22.4 Å². The minimum absolute atomic E-state index is 0.0790. The molecule has 0 spiro atoms. The predicted octanol–water partition coefficient (Wildman–Crippen LogP) is 2.42. The maximum absolute atomic E-state index is 12.8. The Morgan fingerprint density at radius 1 is 1.00 bits per heavy atom. The van der Waals surface area contributed by atoms with Crippen molar-refractivity contribution in [1.82, 2.24) is 4.98 Å². The van der Waals surface area contributed by atoms with Crippen molar-refractivity contribution in [3.8, 4) is 0 Å². The van der Waals surface area contributed by atoms with E-state index in [1.54, 1.807) is 0 Å². The molecule has 0 radical (unpaired) electrons. The zero-order valence-corrected chi connectivity index (χ0v) is 16.0. The zero-order valence-electron chi connectivity index (χ0n) is 15.1. The highest BCUT2D eigenvalue weighted by Gasteiger charge is 2.39. The fourth-order valence-electron chi connectivity index (χ4n) is 3.41. The van der Waals surface area contributed by atoms with Crippen LogP contribution >= 0.6 is 0 Å². The largest absolute Gasteiger partial charge is 0.417 e. The molecular weight excluding hydrogens is 409 g/mol. The normalized spacial score (nSPS) is 17.0. The molecule has 1 aromatic carbocycles. The number of pyridine rings is 1. The summed E-state index contributed by atoms with van der Waals surface area (Å²) in [5.74, 6) is 0. The molecule has 4 N–H and O–H groups in total. The maximum Gasteiger partial charge on any atom is 0.417 e. The van der Waals surface area contributed by atoms with Gasteiger partial charge in [0.2, 0.25) is 10.0 Å². The van der Waals surface area contributed by atoms with Crippen LogP contribution in [0.1, 0.15) is 29.7 Å². The molecule has 0 fully saturated rings. The predicted molar refractivity (Wildman–Crippen MR) is 99.7 cm³/mol. The van der Waals surface area contributed by atoms with Gasteiger partial charge in [-0.1, -0.05) is 12.1 Å². The van der Waals surface area contributed by atoms with E-state index in [2.05, 4.69) is 4.98 Å². The van der Waals surface area contributed by atoms with E-state index in [0.717, 1.165) is 12.3 Å². The van der Waals surface area contributed by atoms with Gasteiger partial charge < -0.3 is 10.2 Å². The second-order valence-corrected chi connectivity index (χ2v) is 8.69. The van der Waals surface area contributed by atoms with Gasteiger partial charge in [-0.15, -0.1) is 0 Å². The number of rotatable bonds is 5. The Morgan fingerprint density at radius 3 is 2.03 bits per heavy atom. The van der Waals surface area contributed by atoms with E-state index in [1.165, 1.54) is 30.3 Å². The van der Waals surface area contributed by atoms with E-state index in [1.807, 2.05) is 0 Å². The first-order valence-electron chi connectivity index (χ1n) is 8.60. The smallest absolute Gasteiger partial charge is 0.396 e. The Hall–Kier alpha value is -2.27. The van der Waals surface area contributed by atoms with Crippen LogP contribution in [0, 0.1) is 5.41 Å². The van der Waals surface area contributed by atoms with Crippen molar-refractivity contribution in [2.24, 2.45) is 10.6 Å². The van der Waals surface area contributed by atoms with Gasteiger partial charge in [-0.25, -0.2) is 13.6 Å². The van der Waals surface area contributed by atoms with Crippen LogP contribution in [-0.4, -0.2) is 36.8 Å². The Balaban J connectivity index is 2.08. The first-order valence-corrected chi connectivity index (χ1v) is 10.1. The molecule has 2 aromatic rings. The Bertz CT molecular complexity index is 1030. The number of sulfonamides is 1. The van der Waals surface area contributed by atoms with Crippen molar-refractivity contribution >= 4 is 21.2 Å². The number of hydrogen-bond donors (Lipinski definition) is 3. The van der Waals surface area contributed by atoms with Gasteiger partial charge in [-0.2, -0.15) is 13.2 Å². The Morgan fingerprint density at radius 2 is 1.59 bits per heavy atom. The van der Waals surface area contributed by atoms with E-state index < -0.39 is 27.2 Å². The molecule has 1 aliphatic carbocycles. The van der Waals surface area contributed by atoms with E-state index >= 15 is 0 Å². The van der Waals surface area contributed by atoms with E-state index in [9.17, 15) is 31.8 Å². The average molecular weight is 428 g/mol. The minimum atomic E-state index is -4.51. The quantitative estimate of drug-likeness (QED) is 0.677. The summed E-state index contributed by atoms with van der Waals surface area (Å²) in [4.78, 5) is 3.86. The summed E-state index contributed by atoms with van der Waals surface area (Å²) in [5.41, 5.74) is 0.402. The van der Waals surface area contributed by atoms with Crippen molar-refractivity contribution in [1.29, 1.82) is 0 Å². The number of aromatic nitrogens is 1. The zero-order chi connectivity index (χ0) is 21.4. The molecule has 1 aliphatic rings. The molecule has 1 heterocycles. The molecule has 10 heteroatoms. The highest BCUT2D eigenvalue weighted by Crippen LogP contribution is 2.49. The number of benzene rings is 1. The summed E-state index contributed by atoms with van der Waals surface area (Å²) in [5, 5.41) is 24.7. The van der Waals surface area contributed by atoms with Crippen molar-refractivity contribution in [2.75, 3.05) is 13.2 Å². The fraction of sp³-hybridized carbons (Fsp3) is 0.316. The SMILES string of the molecule is NS(=O)(=O)c1ccc(C2=C(c3ccc(C(F)(F)F)cn3)CC(CO)(CO)C2)cc1. The molecule has 0 atom stereocenters. The lowest BCUT2D eigenvalue weighted by molar-refractivity contribution is -0.137. The summed E-state index contributed by atoms with van der Waals surface area (Å²) in [6.45, 7) is -0.654. The molecule has 0 bridgehead atoms. The van der Waals surface area contributed by atoms with Gasteiger partial charge in [0, 0.05) is 11.6 Å². The molecule has 0 amide bonds. The maximum atomic E-state index is 12.8. The molecule has 156 valence electrons. The molecule has 6 nitrogen and oxygen atoms in total. The Kier molecular flexibility index (Phi) is 5.56. The van der Waals surface area contributed by atoms with Crippen LogP contribution in [0.3, 0.4) is 0 Å².